The number of fused-ring (bicyclic) bond motifs is 2. The average Bonchev–Trinajstić information content (AvgIpc) is 3.59. The molecule has 6 rings (SSSR count). The quantitative estimate of drug-likeness (QED) is 0.424. The highest BCUT2D eigenvalue weighted by Gasteiger charge is 2.42. The van der Waals surface area contributed by atoms with Crippen molar-refractivity contribution < 1.29 is 18.8 Å². The number of esters is 1. The summed E-state index contributed by atoms with van der Waals surface area (Å²) in [5.41, 5.74) is 4.70. The van der Waals surface area contributed by atoms with Gasteiger partial charge in [0.1, 0.15) is 17.3 Å². The van der Waals surface area contributed by atoms with Crippen molar-refractivity contribution in [2.75, 3.05) is 12.0 Å². The molecule has 0 amide bonds. The van der Waals surface area contributed by atoms with Crippen molar-refractivity contribution >= 4 is 11.8 Å². The summed E-state index contributed by atoms with van der Waals surface area (Å²) < 4.78 is 17.3. The lowest BCUT2D eigenvalue weighted by atomic mass is 9.98. The van der Waals surface area contributed by atoms with Crippen LogP contribution in [0.1, 0.15) is 71.8 Å². The van der Waals surface area contributed by atoms with Gasteiger partial charge in [0.15, 0.2) is 5.69 Å². The number of aromatic nitrogens is 2. The van der Waals surface area contributed by atoms with Crippen molar-refractivity contribution in [3.63, 3.8) is 0 Å². The van der Waals surface area contributed by atoms with Crippen LogP contribution in [0.5, 0.6) is 0 Å². The summed E-state index contributed by atoms with van der Waals surface area (Å²) in [7, 11) is 1.39. The third-order valence-electron chi connectivity index (χ3n) is 7.71. The van der Waals surface area contributed by atoms with E-state index in [1.807, 2.05) is 12.1 Å². The van der Waals surface area contributed by atoms with E-state index in [4.69, 9.17) is 14.0 Å². The van der Waals surface area contributed by atoms with Crippen LogP contribution in [-0.4, -0.2) is 41.4 Å². The van der Waals surface area contributed by atoms with Crippen molar-refractivity contribution in [1.29, 1.82) is 0 Å². The molecule has 3 fully saturated rings. The Morgan fingerprint density at radius 2 is 1.83 bits per heavy atom. The molecule has 2 aliphatic heterocycles. The summed E-state index contributed by atoms with van der Waals surface area (Å²) in [5.74, 6) is 1.94. The summed E-state index contributed by atoms with van der Waals surface area (Å²) >= 11 is 0. The Balaban J connectivity index is 1.18. The first kappa shape index (κ1) is 22.3. The zero-order chi connectivity index (χ0) is 23.9. The predicted molar refractivity (Wildman–Crippen MR) is 131 cm³/mol. The van der Waals surface area contributed by atoms with E-state index in [-0.39, 0.29) is 6.10 Å². The van der Waals surface area contributed by atoms with Crippen molar-refractivity contribution in [3.8, 4) is 11.3 Å². The minimum atomic E-state index is -0.401. The molecule has 2 saturated heterocycles. The molecule has 182 valence electrons. The highest BCUT2D eigenvalue weighted by atomic mass is 16.5. The average molecular weight is 474 g/mol. The monoisotopic (exact) mass is 473 g/mol. The van der Waals surface area contributed by atoms with Crippen molar-refractivity contribution in [3.05, 3.63) is 65.0 Å². The van der Waals surface area contributed by atoms with E-state index in [0.717, 1.165) is 66.9 Å². The van der Waals surface area contributed by atoms with E-state index in [1.54, 1.807) is 6.07 Å². The predicted octanol–water partition coefficient (Wildman–Crippen LogP) is 5.43. The van der Waals surface area contributed by atoms with Gasteiger partial charge in [-0.25, -0.2) is 9.78 Å². The van der Waals surface area contributed by atoms with E-state index in [2.05, 4.69) is 46.2 Å². The molecule has 35 heavy (non-hydrogen) atoms. The molecule has 3 aromatic rings. The van der Waals surface area contributed by atoms with E-state index >= 15 is 0 Å². The van der Waals surface area contributed by atoms with Gasteiger partial charge in [0.25, 0.3) is 0 Å². The lowest BCUT2D eigenvalue weighted by Crippen LogP contribution is -2.46. The molecular weight excluding hydrogens is 442 g/mol. The first-order valence-corrected chi connectivity index (χ1v) is 12.6. The molecule has 0 N–H and O–H groups in total. The standard InChI is InChI=1S/C28H31N3O4/c1-17-6-3-4-7-22(17)26-23(27(35-30-26)18-10-11-18)16-34-21-14-19-12-13-20(15-21)31(19)25-9-5-8-24(29-25)28(32)33-2/h3-9,18-21H,10-16H2,1-2H3/t19-,20?,21-/m0/s1. The van der Waals surface area contributed by atoms with E-state index in [0.29, 0.717) is 30.3 Å². The number of piperidine rings is 1. The van der Waals surface area contributed by atoms with E-state index in [9.17, 15) is 4.79 Å². The number of ether oxygens (including phenoxy) is 2. The Bertz CT molecular complexity index is 1220. The van der Waals surface area contributed by atoms with Gasteiger partial charge >= 0.3 is 5.97 Å². The summed E-state index contributed by atoms with van der Waals surface area (Å²) in [5, 5.41) is 4.49. The highest BCUT2D eigenvalue weighted by Crippen LogP contribution is 2.45. The van der Waals surface area contributed by atoms with Crippen LogP contribution < -0.4 is 4.90 Å². The number of anilines is 1. The number of carbonyl (C=O) groups excluding carboxylic acids is 1. The number of hydrogen-bond donors (Lipinski definition) is 0. The topological polar surface area (TPSA) is 77.7 Å². The number of pyridine rings is 1. The van der Waals surface area contributed by atoms with Gasteiger partial charge in [-0.2, -0.15) is 0 Å². The lowest BCUT2D eigenvalue weighted by molar-refractivity contribution is 0.0145. The molecular formula is C28H31N3O4. The van der Waals surface area contributed by atoms with Crippen LogP contribution in [0.3, 0.4) is 0 Å². The van der Waals surface area contributed by atoms with Crippen molar-refractivity contribution in [1.82, 2.24) is 10.1 Å². The van der Waals surface area contributed by atoms with Gasteiger partial charge in [0, 0.05) is 29.1 Å². The highest BCUT2D eigenvalue weighted by molar-refractivity contribution is 5.87. The molecule has 2 bridgehead atoms. The van der Waals surface area contributed by atoms with Gasteiger partial charge in [-0.3, -0.25) is 0 Å². The maximum absolute atomic E-state index is 12.0. The fourth-order valence-corrected chi connectivity index (χ4v) is 5.80. The van der Waals surface area contributed by atoms with Gasteiger partial charge in [-0.1, -0.05) is 35.5 Å². The van der Waals surface area contributed by atoms with Crippen LogP contribution >= 0.6 is 0 Å². The maximum atomic E-state index is 12.0. The zero-order valence-corrected chi connectivity index (χ0v) is 20.3. The third-order valence-corrected chi connectivity index (χ3v) is 7.71. The Kier molecular flexibility index (Phi) is 5.80. The second kappa shape index (κ2) is 9.11. The molecule has 1 aliphatic carbocycles. The Morgan fingerprint density at radius 3 is 2.54 bits per heavy atom. The summed E-state index contributed by atoms with van der Waals surface area (Å²) in [6, 6.07) is 14.6. The summed E-state index contributed by atoms with van der Waals surface area (Å²) in [6.07, 6.45) is 6.63. The van der Waals surface area contributed by atoms with Crippen molar-refractivity contribution in [2.24, 2.45) is 0 Å². The van der Waals surface area contributed by atoms with Crippen LogP contribution in [0.4, 0.5) is 5.82 Å². The number of carbonyl (C=O) groups is 1. The van der Waals surface area contributed by atoms with Gasteiger partial charge in [-0.15, -0.1) is 0 Å². The van der Waals surface area contributed by atoms with Crippen molar-refractivity contribution in [2.45, 2.75) is 76.2 Å². The Morgan fingerprint density at radius 1 is 1.06 bits per heavy atom. The van der Waals surface area contributed by atoms with Crippen LogP contribution in [0.25, 0.3) is 11.3 Å². The minimum absolute atomic E-state index is 0.180. The molecule has 0 spiro atoms. The molecule has 1 aromatic carbocycles. The van der Waals surface area contributed by atoms with Gasteiger partial charge in [0.2, 0.25) is 0 Å². The number of hydrogen-bond acceptors (Lipinski definition) is 7. The molecule has 2 aromatic heterocycles. The number of nitrogens with zero attached hydrogens (tertiary/aromatic N) is 3. The van der Waals surface area contributed by atoms with Gasteiger partial charge < -0.3 is 18.9 Å². The molecule has 0 radical (unpaired) electrons. The van der Waals surface area contributed by atoms with E-state index in [1.165, 1.54) is 12.7 Å². The van der Waals surface area contributed by atoms with Crippen LogP contribution in [0.15, 0.2) is 47.0 Å². The number of benzene rings is 1. The van der Waals surface area contributed by atoms with Crippen LogP contribution in [-0.2, 0) is 16.1 Å². The molecule has 4 heterocycles. The number of aryl methyl sites for hydroxylation is 1. The SMILES string of the molecule is COC(=O)c1cccc(N2C3CC[C@H]2C[C@H](OCc2c(-c4ccccc4C)noc2C2CC2)C3)n1. The van der Waals surface area contributed by atoms with Gasteiger partial charge in [-0.05, 0) is 63.1 Å². The largest absolute Gasteiger partial charge is 0.464 e. The smallest absolute Gasteiger partial charge is 0.356 e. The molecule has 3 atom stereocenters. The second-order valence-corrected chi connectivity index (χ2v) is 10.0. The Hall–Kier alpha value is -3.19. The van der Waals surface area contributed by atoms with E-state index < -0.39 is 5.97 Å². The van der Waals surface area contributed by atoms with Gasteiger partial charge in [0.05, 0.1) is 19.8 Å². The molecule has 7 nitrogen and oxygen atoms in total. The zero-order valence-electron chi connectivity index (χ0n) is 20.3. The van der Waals surface area contributed by atoms with Crippen LogP contribution in [0.2, 0.25) is 0 Å². The lowest BCUT2D eigenvalue weighted by Gasteiger charge is -2.39. The number of rotatable bonds is 7. The number of methoxy groups -OCH3 is 1. The first-order valence-electron chi connectivity index (χ1n) is 12.6. The first-order chi connectivity index (χ1) is 17.1. The molecule has 3 aliphatic rings. The molecule has 1 unspecified atom stereocenters. The normalized spacial score (nSPS) is 23.5. The molecule has 1 saturated carbocycles. The van der Waals surface area contributed by atoms with Crippen LogP contribution in [0, 0.1) is 6.92 Å². The maximum Gasteiger partial charge on any atom is 0.356 e. The molecule has 7 heteroatoms. The fraction of sp³-hybridized carbons (Fsp3) is 0.464. The summed E-state index contributed by atoms with van der Waals surface area (Å²) in [6.45, 7) is 2.64. The fourth-order valence-electron chi connectivity index (χ4n) is 5.80. The third kappa shape index (κ3) is 4.22. The Labute approximate surface area is 205 Å². The minimum Gasteiger partial charge on any atom is -0.464 e. The second-order valence-electron chi connectivity index (χ2n) is 10.0. The summed E-state index contributed by atoms with van der Waals surface area (Å²) in [4.78, 5) is 19.0.